The Bertz CT molecular complexity index is 3700. The molecule has 10 aromatic rings. The second-order valence-corrected chi connectivity index (χ2v) is 18.1. The number of aromatic nitrogens is 3. The van der Waals surface area contributed by atoms with Crippen molar-refractivity contribution in [1.29, 1.82) is 0 Å². The van der Waals surface area contributed by atoms with E-state index in [4.69, 9.17) is 16.6 Å². The minimum Gasteiger partial charge on any atom is -0.175 e. The van der Waals surface area contributed by atoms with Gasteiger partial charge < -0.3 is 0 Å². The second-order valence-electron chi connectivity index (χ2n) is 17.0. The Morgan fingerprint density at radius 2 is 1.27 bits per heavy atom. The van der Waals surface area contributed by atoms with Gasteiger partial charge >= 0.3 is 315 Å². The Morgan fingerprint density at radius 1 is 0.621 bits per heavy atom. The molecular formula is C58H44BN5OPt-2. The van der Waals surface area contributed by atoms with Crippen molar-refractivity contribution < 1.29 is 30.9 Å². The van der Waals surface area contributed by atoms with E-state index in [0.717, 1.165) is 53.9 Å². The molecule has 1 aliphatic rings. The van der Waals surface area contributed by atoms with Crippen LogP contribution < -0.4 is 19.8 Å². The van der Waals surface area contributed by atoms with E-state index in [9.17, 15) is 0 Å². The predicted molar refractivity (Wildman–Crippen MR) is 266 cm³/mol. The van der Waals surface area contributed by atoms with Crippen LogP contribution in [0.4, 0.5) is 22.9 Å². The summed E-state index contributed by atoms with van der Waals surface area (Å²) in [5.74, 6) is 1.26. The first kappa shape index (κ1) is 35.8. The van der Waals surface area contributed by atoms with Gasteiger partial charge in [0.2, 0.25) is 0 Å². The average molecular weight is 1040 g/mol. The summed E-state index contributed by atoms with van der Waals surface area (Å²) in [6, 6.07) is 66.0. The summed E-state index contributed by atoms with van der Waals surface area (Å²) >= 11 is 2.44. The predicted octanol–water partition coefficient (Wildman–Crippen LogP) is 13.6. The molecule has 0 spiro atoms. The summed E-state index contributed by atoms with van der Waals surface area (Å²) in [5, 5.41) is 0. The van der Waals surface area contributed by atoms with Gasteiger partial charge in [-0.3, -0.25) is 0 Å². The van der Waals surface area contributed by atoms with Gasteiger partial charge in [0.05, 0.1) is 6.85 Å². The third-order valence-corrected chi connectivity index (χ3v) is 12.9. The Kier molecular flexibility index (Phi) is 9.31. The molecule has 6 nitrogen and oxygen atoms in total. The molecule has 66 heavy (non-hydrogen) atoms. The van der Waals surface area contributed by atoms with Crippen molar-refractivity contribution in [1.82, 2.24) is 14.1 Å². The van der Waals surface area contributed by atoms with Crippen molar-refractivity contribution in [2.45, 2.75) is 26.2 Å². The molecule has 0 unspecified atom stereocenters. The number of pyridine rings is 1. The third-order valence-electron chi connectivity index (χ3n) is 11.9. The molecule has 0 atom stereocenters. The number of ether oxygens (including phenoxy) is 1. The molecule has 0 radical (unpaired) electrons. The number of rotatable bonds is 9. The Hall–Kier alpha value is -7.47. The number of imidazole rings is 1. The van der Waals surface area contributed by atoms with Gasteiger partial charge in [-0.15, -0.1) is 6.07 Å². The molecule has 0 aliphatic carbocycles. The van der Waals surface area contributed by atoms with Crippen molar-refractivity contribution >= 4 is 46.4 Å². The van der Waals surface area contributed by atoms with Crippen LogP contribution in [-0.2, 0) is 24.8 Å². The molecule has 1 aliphatic heterocycles. The van der Waals surface area contributed by atoms with E-state index in [2.05, 4.69) is 152 Å². The third kappa shape index (κ3) is 7.49. The normalized spacial score (nSPS) is 13.5. The summed E-state index contributed by atoms with van der Waals surface area (Å²) in [6.07, 6.45) is 0. The van der Waals surface area contributed by atoms with Gasteiger partial charge in [-0.05, 0) is 12.1 Å². The fourth-order valence-electron chi connectivity index (χ4n) is 8.85. The van der Waals surface area contributed by atoms with Gasteiger partial charge in [0.1, 0.15) is 0 Å². The minimum atomic E-state index is -0.711. The quantitative estimate of drug-likeness (QED) is 0.107. The number of nitrogens with zero attached hydrogens (tertiary/aromatic N) is 5. The summed E-state index contributed by atoms with van der Waals surface area (Å²) in [6.45, 7) is 6.00. The summed E-state index contributed by atoms with van der Waals surface area (Å²) in [5.41, 5.74) is 11.7. The van der Waals surface area contributed by atoms with E-state index in [1.165, 1.54) is 5.56 Å². The second kappa shape index (κ2) is 17.2. The van der Waals surface area contributed by atoms with Crippen LogP contribution in [0.3, 0.4) is 0 Å². The van der Waals surface area contributed by atoms with Crippen molar-refractivity contribution in [2.75, 3.05) is 9.62 Å². The monoisotopic (exact) mass is 1040 g/mol. The van der Waals surface area contributed by atoms with E-state index >= 15 is 0 Å². The smallest absolute Gasteiger partial charge is 0.175 e. The number of anilines is 4. The molecule has 2 aromatic heterocycles. The van der Waals surface area contributed by atoms with Crippen LogP contribution >= 0.6 is 0 Å². The van der Waals surface area contributed by atoms with Crippen LogP contribution in [-0.4, -0.2) is 21.1 Å². The summed E-state index contributed by atoms with van der Waals surface area (Å²) < 4.78 is 55.7. The van der Waals surface area contributed by atoms with Crippen molar-refractivity contribution in [3.8, 4) is 45.3 Å². The van der Waals surface area contributed by atoms with Gasteiger partial charge in [-0.1, -0.05) is 48.5 Å². The molecule has 11 rings (SSSR count). The molecule has 0 saturated carbocycles. The molecule has 0 N–H and O–H groups in total. The zero-order chi connectivity index (χ0) is 49.1. The van der Waals surface area contributed by atoms with Crippen molar-refractivity contribution in [3.63, 3.8) is 0 Å². The molecular weight excluding hydrogens is 989 g/mol. The SMILES string of the molecule is [2H]c1c([2H])c([2H])c(N2B(c3ccccc3)N(c3cccc(Oc4[c-]c(-n5[c](=[Pt])n(-c6c(-c7ccccc7)cccc6-c6ccc(C(C)(C)C)cc6)c6ccccc65)ccc4)n3)c3[c-]cccc32)c([2H])c1[2H]. The molecule has 0 saturated heterocycles. The van der Waals surface area contributed by atoms with E-state index in [1.807, 2.05) is 83.7 Å². The van der Waals surface area contributed by atoms with Gasteiger partial charge in [0, 0.05) is 5.69 Å². The molecule has 8 aromatic carbocycles. The number of hydrogen-bond acceptors (Lipinski definition) is 4. The van der Waals surface area contributed by atoms with Gasteiger partial charge in [-0.25, -0.2) is 0 Å². The zero-order valence-corrected chi connectivity index (χ0v) is 38.6. The Balaban J connectivity index is 1.01. The van der Waals surface area contributed by atoms with Crippen LogP contribution in [0.25, 0.3) is 44.7 Å². The first-order valence-electron chi connectivity index (χ1n) is 24.3. The molecule has 0 amide bonds. The number of para-hydroxylation sites is 5. The van der Waals surface area contributed by atoms with Crippen molar-refractivity contribution in [2.24, 2.45) is 0 Å². The van der Waals surface area contributed by atoms with Crippen LogP contribution in [0.15, 0.2) is 212 Å². The van der Waals surface area contributed by atoms with Crippen molar-refractivity contribution in [3.05, 3.63) is 234 Å². The van der Waals surface area contributed by atoms with E-state index < -0.39 is 25.1 Å². The molecule has 322 valence electrons. The van der Waals surface area contributed by atoms with E-state index in [0.29, 0.717) is 28.8 Å². The molecule has 0 bridgehead atoms. The number of benzene rings is 8. The average Bonchev–Trinajstić information content (AvgIpc) is 3.89. The van der Waals surface area contributed by atoms with Crippen LogP contribution in [0, 0.1) is 15.9 Å². The fraction of sp³-hybridized carbons (Fsp3) is 0.0690. The zero-order valence-electron chi connectivity index (χ0n) is 41.4. The topological polar surface area (TPSA) is 38.5 Å². The van der Waals surface area contributed by atoms with Gasteiger partial charge in [0.25, 0.3) is 0 Å². The Morgan fingerprint density at radius 3 is 2.00 bits per heavy atom. The molecule has 0 fully saturated rings. The van der Waals surface area contributed by atoms with E-state index in [1.54, 1.807) is 16.9 Å². The van der Waals surface area contributed by atoms with E-state index in [-0.39, 0.29) is 23.2 Å². The van der Waals surface area contributed by atoms with Gasteiger partial charge in [0.15, 0.2) is 0 Å². The summed E-state index contributed by atoms with van der Waals surface area (Å²) in [4.78, 5) is 8.83. The molecule has 3 heterocycles. The van der Waals surface area contributed by atoms with Gasteiger partial charge in [-0.2, -0.15) is 12.1 Å². The minimum absolute atomic E-state index is 0.0189. The maximum atomic E-state index is 9.03. The summed E-state index contributed by atoms with van der Waals surface area (Å²) in [7, 11) is 0. The first-order valence-corrected chi connectivity index (χ1v) is 22.9. The standard InChI is InChI=1S/C58H44BN5O.Pt/c1-58(2,3)44-38-36-43(37-39-44)50-29-18-28-49(42-20-7-4-8-21-42)57(50)62-41-61(51-30-13-14-31-52(51)62)47-26-17-27-48(40-47)65-56-35-19-34-55(60-56)64-54-33-16-15-32-53(54)63(46-24-11-6-12-25-46)59(64)45-22-9-5-10-23-45;/h4-32,34-39H,1-3H3;/q-2;/i6D,11D,12D,24D,25D;. The molecule has 8 heteroatoms. The van der Waals surface area contributed by atoms with Crippen LogP contribution in [0.2, 0.25) is 0 Å². The number of hydrogen-bond donors (Lipinski definition) is 0. The van der Waals surface area contributed by atoms with Crippen LogP contribution in [0.1, 0.15) is 33.2 Å². The fourth-order valence-corrected chi connectivity index (χ4v) is 9.93. The number of fused-ring (bicyclic) bond motifs is 2. The first-order chi connectivity index (χ1) is 34.4. The maximum absolute atomic E-state index is 9.03. The van der Waals surface area contributed by atoms with Crippen LogP contribution in [0.5, 0.6) is 11.6 Å². The Labute approximate surface area is 404 Å².